The molecule has 24 heavy (non-hydrogen) atoms. The normalized spacial score (nSPS) is 21.8. The molecule has 8 nitrogen and oxygen atoms in total. The van der Waals surface area contributed by atoms with Gasteiger partial charge in [-0.3, -0.25) is 14.3 Å². The number of nitrogens with two attached hydrogens (primary N) is 1. The molecule has 1 aliphatic heterocycles. The van der Waals surface area contributed by atoms with Crippen molar-refractivity contribution < 1.29 is 14.3 Å². The Kier molecular flexibility index (Phi) is 7.65. The molecule has 2 amide bonds. The summed E-state index contributed by atoms with van der Waals surface area (Å²) in [6, 6.07) is 0. The fraction of sp³-hybridized carbons (Fsp3) is 0.667. The molecule has 3 N–H and O–H groups in total. The maximum atomic E-state index is 12.4. The van der Waals surface area contributed by atoms with Crippen LogP contribution in [0.2, 0.25) is 0 Å². The first-order valence-corrected chi connectivity index (χ1v) is 7.85. The van der Waals surface area contributed by atoms with Crippen molar-refractivity contribution in [2.24, 2.45) is 11.7 Å². The lowest BCUT2D eigenvalue weighted by Gasteiger charge is -2.35. The maximum Gasteiger partial charge on any atom is 0.244 e. The molecule has 0 spiro atoms. The number of carbonyl (C=O) groups excluding carboxylic acids is 2. The molecule has 0 aliphatic carbocycles. The van der Waals surface area contributed by atoms with E-state index in [1.54, 1.807) is 18.0 Å². The van der Waals surface area contributed by atoms with Gasteiger partial charge in [-0.2, -0.15) is 5.10 Å². The Morgan fingerprint density at radius 1 is 1.42 bits per heavy atom. The van der Waals surface area contributed by atoms with E-state index < -0.39 is 0 Å². The number of hydrogen-bond acceptors (Lipinski definition) is 5. The Morgan fingerprint density at radius 3 is 2.62 bits per heavy atom. The van der Waals surface area contributed by atoms with Crippen molar-refractivity contribution in [1.82, 2.24) is 14.7 Å². The Bertz CT molecular complexity index is 555. The number of morpholine rings is 1. The molecule has 3 atom stereocenters. The second-order valence-corrected chi connectivity index (χ2v) is 6.11. The molecule has 1 aromatic rings. The Labute approximate surface area is 148 Å². The van der Waals surface area contributed by atoms with Crippen LogP contribution < -0.4 is 11.1 Å². The predicted octanol–water partition coefficient (Wildman–Crippen LogP) is 0.474. The molecular formula is C15H26ClN5O3. The molecule has 0 radical (unpaired) electrons. The summed E-state index contributed by atoms with van der Waals surface area (Å²) in [5, 5.41) is 6.85. The van der Waals surface area contributed by atoms with Gasteiger partial charge >= 0.3 is 0 Å². The number of aromatic nitrogens is 2. The molecule has 1 saturated heterocycles. The molecule has 136 valence electrons. The van der Waals surface area contributed by atoms with Crippen LogP contribution in [0.5, 0.6) is 0 Å². The van der Waals surface area contributed by atoms with Gasteiger partial charge in [0, 0.05) is 31.7 Å². The SMILES string of the molecule is CC1CN(C(=O)Cn2cc(NC(=O)C(C)CN)cn2)CC(C)O1.Cl. The average molecular weight is 360 g/mol. The van der Waals surface area contributed by atoms with Crippen LogP contribution in [0.25, 0.3) is 0 Å². The number of nitrogens with one attached hydrogen (secondary N) is 1. The zero-order valence-electron chi connectivity index (χ0n) is 14.3. The van der Waals surface area contributed by atoms with E-state index in [0.29, 0.717) is 18.8 Å². The third-order valence-corrected chi connectivity index (χ3v) is 3.77. The van der Waals surface area contributed by atoms with Crippen molar-refractivity contribution in [2.45, 2.75) is 39.5 Å². The van der Waals surface area contributed by atoms with Crippen molar-refractivity contribution in [2.75, 3.05) is 25.0 Å². The van der Waals surface area contributed by atoms with Crippen LogP contribution >= 0.6 is 12.4 Å². The second-order valence-electron chi connectivity index (χ2n) is 6.11. The lowest BCUT2D eigenvalue weighted by molar-refractivity contribution is -0.144. The Balaban J connectivity index is 0.00000288. The number of halogens is 1. The molecule has 2 rings (SSSR count). The first kappa shape index (κ1) is 20.4. The summed E-state index contributed by atoms with van der Waals surface area (Å²) in [5.74, 6) is -0.436. The highest BCUT2D eigenvalue weighted by Crippen LogP contribution is 2.12. The molecule has 0 bridgehead atoms. The number of nitrogens with zero attached hydrogens (tertiary/aromatic N) is 3. The summed E-state index contributed by atoms with van der Waals surface area (Å²) in [6.07, 6.45) is 3.24. The van der Waals surface area contributed by atoms with E-state index in [2.05, 4.69) is 10.4 Å². The van der Waals surface area contributed by atoms with Gasteiger partial charge in [0.15, 0.2) is 0 Å². The number of anilines is 1. The number of rotatable bonds is 5. The molecule has 1 aliphatic rings. The van der Waals surface area contributed by atoms with Gasteiger partial charge in [0.25, 0.3) is 0 Å². The van der Waals surface area contributed by atoms with Crippen molar-refractivity contribution >= 4 is 29.9 Å². The monoisotopic (exact) mass is 359 g/mol. The van der Waals surface area contributed by atoms with E-state index >= 15 is 0 Å². The second kappa shape index (κ2) is 9.00. The smallest absolute Gasteiger partial charge is 0.244 e. The first-order valence-electron chi connectivity index (χ1n) is 7.85. The zero-order valence-corrected chi connectivity index (χ0v) is 15.1. The maximum absolute atomic E-state index is 12.4. The van der Waals surface area contributed by atoms with Crippen LogP contribution in [-0.4, -0.2) is 58.3 Å². The van der Waals surface area contributed by atoms with Crippen LogP contribution in [0.3, 0.4) is 0 Å². The molecule has 0 aromatic carbocycles. The van der Waals surface area contributed by atoms with Crippen LogP contribution in [0, 0.1) is 5.92 Å². The summed E-state index contributed by atoms with van der Waals surface area (Å²) in [5.41, 5.74) is 6.02. The fourth-order valence-electron chi connectivity index (χ4n) is 2.51. The summed E-state index contributed by atoms with van der Waals surface area (Å²) in [4.78, 5) is 25.9. The van der Waals surface area contributed by atoms with Crippen LogP contribution in [0.4, 0.5) is 5.69 Å². The van der Waals surface area contributed by atoms with Gasteiger partial charge in [-0.05, 0) is 13.8 Å². The summed E-state index contributed by atoms with van der Waals surface area (Å²) in [6.45, 7) is 7.26. The number of amides is 2. The van der Waals surface area contributed by atoms with E-state index in [1.165, 1.54) is 10.9 Å². The minimum Gasteiger partial charge on any atom is -0.372 e. The minimum absolute atomic E-state index is 0. The van der Waals surface area contributed by atoms with Gasteiger partial charge in [-0.15, -0.1) is 12.4 Å². The van der Waals surface area contributed by atoms with Gasteiger partial charge in [-0.25, -0.2) is 0 Å². The molecule has 3 unspecified atom stereocenters. The highest BCUT2D eigenvalue weighted by Gasteiger charge is 2.26. The zero-order chi connectivity index (χ0) is 17.0. The van der Waals surface area contributed by atoms with Gasteiger partial charge in [0.1, 0.15) is 6.54 Å². The molecule has 1 aromatic heterocycles. The van der Waals surface area contributed by atoms with Gasteiger partial charge in [0.05, 0.1) is 24.1 Å². The average Bonchev–Trinajstić information content (AvgIpc) is 2.92. The van der Waals surface area contributed by atoms with Gasteiger partial charge in [-0.1, -0.05) is 6.92 Å². The lowest BCUT2D eigenvalue weighted by Crippen LogP contribution is -2.49. The predicted molar refractivity (Wildman–Crippen MR) is 92.9 cm³/mol. The van der Waals surface area contributed by atoms with Crippen molar-refractivity contribution in [3.63, 3.8) is 0 Å². The van der Waals surface area contributed by atoms with E-state index in [0.717, 1.165) is 0 Å². The summed E-state index contributed by atoms with van der Waals surface area (Å²) < 4.78 is 7.15. The number of carbonyl (C=O) groups is 2. The molecule has 9 heteroatoms. The van der Waals surface area contributed by atoms with E-state index in [9.17, 15) is 9.59 Å². The third kappa shape index (κ3) is 5.47. The van der Waals surface area contributed by atoms with Crippen molar-refractivity contribution in [3.05, 3.63) is 12.4 Å². The topological polar surface area (TPSA) is 102 Å². The largest absolute Gasteiger partial charge is 0.372 e. The first-order chi connectivity index (χ1) is 10.9. The Morgan fingerprint density at radius 2 is 2.04 bits per heavy atom. The highest BCUT2D eigenvalue weighted by molar-refractivity contribution is 5.92. The summed E-state index contributed by atoms with van der Waals surface area (Å²) in [7, 11) is 0. The Hall–Kier alpha value is -1.64. The number of hydrogen-bond donors (Lipinski definition) is 2. The van der Waals surface area contributed by atoms with Crippen LogP contribution in [-0.2, 0) is 20.9 Å². The van der Waals surface area contributed by atoms with Crippen molar-refractivity contribution in [1.29, 1.82) is 0 Å². The standard InChI is InChI=1S/C15H25N5O3.ClH/c1-10(4-16)15(22)18-13-5-17-20(8-13)9-14(21)19-6-11(2)23-12(3)7-19;/h5,8,10-12H,4,6-7,9,16H2,1-3H3,(H,18,22);1H. The van der Waals surface area contributed by atoms with E-state index in [4.69, 9.17) is 10.5 Å². The van der Waals surface area contributed by atoms with Crippen molar-refractivity contribution in [3.8, 4) is 0 Å². The molecule has 0 saturated carbocycles. The van der Waals surface area contributed by atoms with Crippen LogP contribution in [0.15, 0.2) is 12.4 Å². The lowest BCUT2D eigenvalue weighted by atomic mass is 10.2. The molecular weight excluding hydrogens is 334 g/mol. The summed E-state index contributed by atoms with van der Waals surface area (Å²) >= 11 is 0. The van der Waals surface area contributed by atoms with E-state index in [1.807, 2.05) is 13.8 Å². The fourth-order valence-corrected chi connectivity index (χ4v) is 2.51. The van der Waals surface area contributed by atoms with Gasteiger partial charge in [0.2, 0.25) is 11.8 Å². The minimum atomic E-state index is -0.267. The van der Waals surface area contributed by atoms with E-state index in [-0.39, 0.29) is 55.4 Å². The van der Waals surface area contributed by atoms with Gasteiger partial charge < -0.3 is 20.7 Å². The molecule has 2 heterocycles. The quantitative estimate of drug-likeness (QED) is 0.795. The number of ether oxygens (including phenoxy) is 1. The van der Waals surface area contributed by atoms with Crippen LogP contribution in [0.1, 0.15) is 20.8 Å². The third-order valence-electron chi connectivity index (χ3n) is 3.77. The molecule has 1 fully saturated rings. The highest BCUT2D eigenvalue weighted by atomic mass is 35.5.